The van der Waals surface area contributed by atoms with Crippen LogP contribution in [0.2, 0.25) is 0 Å². The second kappa shape index (κ2) is 3.23. The molecule has 0 radical (unpaired) electrons. The number of hydrogen-bond donors (Lipinski definition) is 0. The highest BCUT2D eigenvalue weighted by atomic mass is 35.5. The Bertz CT molecular complexity index is 341. The molecule has 0 saturated heterocycles. The van der Waals surface area contributed by atoms with Gasteiger partial charge in [0.25, 0.3) is 5.56 Å². The molecule has 4 heteroatoms. The summed E-state index contributed by atoms with van der Waals surface area (Å²) in [5, 5.41) is 0. The van der Waals surface area contributed by atoms with E-state index in [0.29, 0.717) is 6.00 Å². The monoisotopic (exact) mass is 203 g/mol. The number of alkyl halides is 1. The second-order valence-electron chi connectivity index (χ2n) is 3.00. The summed E-state index contributed by atoms with van der Waals surface area (Å²) in [6.45, 7) is 0. The molecule has 0 N–H and O–H groups in total. The van der Waals surface area contributed by atoms with Gasteiger partial charge in [0, 0.05) is 10.4 Å². The van der Waals surface area contributed by atoms with Crippen LogP contribution in [0.4, 0.5) is 0 Å². The van der Waals surface area contributed by atoms with Crippen LogP contribution in [0.1, 0.15) is 23.3 Å². The molecule has 1 aliphatic rings. The van der Waals surface area contributed by atoms with Crippen molar-refractivity contribution in [3.8, 4) is 0 Å². The van der Waals surface area contributed by atoms with Crippen LogP contribution in [-0.2, 0) is 18.8 Å². The molecule has 0 aliphatic heterocycles. The smallest absolute Gasteiger partial charge is 0.265 e. The molecule has 1 heterocycles. The van der Waals surface area contributed by atoms with E-state index in [9.17, 15) is 4.79 Å². The first-order valence-corrected chi connectivity index (χ1v) is 5.41. The fourth-order valence-corrected chi connectivity index (χ4v) is 2.91. The quantitative estimate of drug-likeness (QED) is 0.640. The van der Waals surface area contributed by atoms with Gasteiger partial charge in [0.1, 0.15) is 6.00 Å². The minimum Gasteiger partial charge on any atom is -0.268 e. The number of rotatable bonds is 1. The maximum Gasteiger partial charge on any atom is 0.265 e. The molecule has 0 unspecified atom stereocenters. The van der Waals surface area contributed by atoms with Gasteiger partial charge < -0.3 is 0 Å². The highest BCUT2D eigenvalue weighted by Gasteiger charge is 2.17. The first kappa shape index (κ1) is 8.32. The summed E-state index contributed by atoms with van der Waals surface area (Å²) < 4.78 is 1.64. The van der Waals surface area contributed by atoms with Crippen molar-refractivity contribution >= 4 is 23.1 Å². The molecule has 2 nitrogen and oxygen atoms in total. The number of fused-ring (bicyclic) bond motifs is 1. The molecule has 0 atom stereocenters. The van der Waals surface area contributed by atoms with Gasteiger partial charge in [0.05, 0.1) is 0 Å². The lowest BCUT2D eigenvalue weighted by Crippen LogP contribution is -2.16. The van der Waals surface area contributed by atoms with Crippen molar-refractivity contribution in [2.45, 2.75) is 31.7 Å². The van der Waals surface area contributed by atoms with E-state index < -0.39 is 0 Å². The number of halogens is 1. The maximum absolute atomic E-state index is 11.5. The fourth-order valence-electron chi connectivity index (χ4n) is 1.61. The molecule has 0 spiro atoms. The Morgan fingerprint density at radius 3 is 2.83 bits per heavy atom. The lowest BCUT2D eigenvalue weighted by Gasteiger charge is -2.06. The average molecular weight is 204 g/mol. The predicted octanol–water partition coefficient (Wildman–Crippen LogP) is 1.98. The minimum atomic E-state index is 0.143. The standard InChI is InChI=1S/C8H10ClNOS/c9-5-10-8(11)6-3-1-2-4-7(6)12-10/h1-5H2. The molecule has 12 heavy (non-hydrogen) atoms. The minimum absolute atomic E-state index is 0.143. The number of nitrogens with zero attached hydrogens (tertiary/aromatic N) is 1. The molecule has 1 aromatic heterocycles. The van der Waals surface area contributed by atoms with E-state index >= 15 is 0 Å². The largest absolute Gasteiger partial charge is 0.268 e. The summed E-state index contributed by atoms with van der Waals surface area (Å²) in [5.41, 5.74) is 1.16. The Balaban J connectivity index is 2.52. The van der Waals surface area contributed by atoms with Gasteiger partial charge in [0.2, 0.25) is 0 Å². The van der Waals surface area contributed by atoms with Crippen molar-refractivity contribution in [1.29, 1.82) is 0 Å². The Labute approximate surface area is 79.9 Å². The molecule has 2 rings (SSSR count). The van der Waals surface area contributed by atoms with E-state index in [4.69, 9.17) is 11.6 Å². The molecular weight excluding hydrogens is 194 g/mol. The van der Waals surface area contributed by atoms with Gasteiger partial charge in [-0.1, -0.05) is 11.5 Å². The van der Waals surface area contributed by atoms with E-state index in [0.717, 1.165) is 24.8 Å². The second-order valence-corrected chi connectivity index (χ2v) is 4.36. The number of hydrogen-bond acceptors (Lipinski definition) is 2. The lowest BCUT2D eigenvalue weighted by molar-refractivity contribution is 0.690. The molecule has 66 valence electrons. The van der Waals surface area contributed by atoms with E-state index in [2.05, 4.69) is 0 Å². The van der Waals surface area contributed by atoms with Gasteiger partial charge in [-0.3, -0.25) is 4.79 Å². The van der Waals surface area contributed by atoms with Crippen LogP contribution in [0.25, 0.3) is 0 Å². The first-order valence-electron chi connectivity index (χ1n) is 4.11. The third kappa shape index (κ3) is 1.21. The van der Waals surface area contributed by atoms with E-state index in [1.807, 2.05) is 0 Å². The van der Waals surface area contributed by atoms with E-state index in [1.165, 1.54) is 22.8 Å². The zero-order valence-electron chi connectivity index (χ0n) is 6.68. The van der Waals surface area contributed by atoms with Gasteiger partial charge >= 0.3 is 0 Å². The highest BCUT2D eigenvalue weighted by molar-refractivity contribution is 7.06. The molecule has 1 aromatic rings. The summed E-state index contributed by atoms with van der Waals surface area (Å²) in [6, 6.07) is 0.302. The Kier molecular flexibility index (Phi) is 2.24. The highest BCUT2D eigenvalue weighted by Crippen LogP contribution is 2.22. The predicted molar refractivity (Wildman–Crippen MR) is 51.1 cm³/mol. The van der Waals surface area contributed by atoms with Gasteiger partial charge in [-0.05, 0) is 25.7 Å². The molecule has 0 bridgehead atoms. The number of aryl methyl sites for hydroxylation is 1. The van der Waals surface area contributed by atoms with Crippen molar-refractivity contribution in [2.24, 2.45) is 0 Å². The Morgan fingerprint density at radius 2 is 2.17 bits per heavy atom. The number of aromatic nitrogens is 1. The molecule has 0 saturated carbocycles. The topological polar surface area (TPSA) is 22.0 Å². The summed E-state index contributed by atoms with van der Waals surface area (Å²) in [7, 11) is 0. The SMILES string of the molecule is O=c1c2c(sn1CCl)CCCC2. The van der Waals surface area contributed by atoms with Crippen LogP contribution >= 0.6 is 23.1 Å². The van der Waals surface area contributed by atoms with E-state index in [1.54, 1.807) is 3.96 Å². The normalized spacial score (nSPS) is 16.1. The van der Waals surface area contributed by atoms with Crippen molar-refractivity contribution in [2.75, 3.05) is 0 Å². The molecular formula is C8H10ClNOS. The van der Waals surface area contributed by atoms with Crippen molar-refractivity contribution in [3.63, 3.8) is 0 Å². The summed E-state index contributed by atoms with van der Waals surface area (Å²) in [6.07, 6.45) is 4.39. The van der Waals surface area contributed by atoms with Crippen molar-refractivity contribution in [1.82, 2.24) is 3.96 Å². The lowest BCUT2D eigenvalue weighted by atomic mass is 10.00. The van der Waals surface area contributed by atoms with Crippen LogP contribution in [0.15, 0.2) is 4.79 Å². The zero-order chi connectivity index (χ0) is 8.55. The Hall–Kier alpha value is -0.280. The van der Waals surface area contributed by atoms with Crippen LogP contribution < -0.4 is 5.56 Å². The third-order valence-electron chi connectivity index (χ3n) is 2.23. The first-order chi connectivity index (χ1) is 5.83. The Morgan fingerprint density at radius 1 is 1.42 bits per heavy atom. The van der Waals surface area contributed by atoms with Crippen molar-refractivity contribution in [3.05, 3.63) is 20.8 Å². The van der Waals surface area contributed by atoms with Gasteiger partial charge in [-0.15, -0.1) is 11.6 Å². The average Bonchev–Trinajstić information content (AvgIpc) is 2.44. The molecule has 0 fully saturated rings. The molecule has 1 aliphatic carbocycles. The third-order valence-corrected chi connectivity index (χ3v) is 3.80. The van der Waals surface area contributed by atoms with Crippen LogP contribution in [0.3, 0.4) is 0 Å². The fraction of sp³-hybridized carbons (Fsp3) is 0.625. The zero-order valence-corrected chi connectivity index (χ0v) is 8.25. The summed E-state index contributed by atoms with van der Waals surface area (Å²) in [4.78, 5) is 12.8. The molecule has 0 amide bonds. The molecule has 0 aromatic carbocycles. The van der Waals surface area contributed by atoms with Crippen molar-refractivity contribution < 1.29 is 0 Å². The van der Waals surface area contributed by atoms with Crippen LogP contribution in [-0.4, -0.2) is 3.96 Å². The van der Waals surface area contributed by atoms with Gasteiger partial charge in [-0.2, -0.15) is 0 Å². The summed E-state index contributed by atoms with van der Waals surface area (Å²) in [5.74, 6) is 0. The van der Waals surface area contributed by atoms with Crippen LogP contribution in [0, 0.1) is 0 Å². The maximum atomic E-state index is 11.5. The van der Waals surface area contributed by atoms with Gasteiger partial charge in [-0.25, -0.2) is 3.96 Å². The van der Waals surface area contributed by atoms with E-state index in [-0.39, 0.29) is 5.56 Å². The summed E-state index contributed by atoms with van der Waals surface area (Å²) >= 11 is 7.16. The van der Waals surface area contributed by atoms with Gasteiger partial charge in [0.15, 0.2) is 0 Å². The van der Waals surface area contributed by atoms with Crippen LogP contribution in [0.5, 0.6) is 0 Å².